The Labute approximate surface area is 127 Å². The molecule has 7 heteroatoms. The van der Waals surface area contributed by atoms with Gasteiger partial charge in [-0.2, -0.15) is 0 Å². The summed E-state index contributed by atoms with van der Waals surface area (Å²) in [5.74, 6) is 0. The molecule has 0 amide bonds. The van der Waals surface area contributed by atoms with Gasteiger partial charge in [-0.15, -0.1) is 5.46 Å². The first-order chi connectivity index (χ1) is 6.57. The van der Waals surface area contributed by atoms with Gasteiger partial charge in [-0.25, -0.2) is 0 Å². The molecule has 0 N–H and O–H groups in total. The summed E-state index contributed by atoms with van der Waals surface area (Å²) >= 11 is 0. The fraction of sp³-hybridized carbons (Fsp3) is 0. The second-order valence-electron chi connectivity index (χ2n) is 2.88. The van der Waals surface area contributed by atoms with Gasteiger partial charge in [0.25, 0.3) is 0 Å². The van der Waals surface area contributed by atoms with Crippen molar-refractivity contribution in [2.24, 2.45) is 0 Å². The van der Waals surface area contributed by atoms with Gasteiger partial charge in [-0.05, 0) is 6.07 Å². The molecule has 2 aromatic rings. The van der Waals surface area contributed by atoms with Crippen LogP contribution in [0.15, 0.2) is 30.6 Å². The van der Waals surface area contributed by atoms with Crippen LogP contribution in [0.2, 0.25) is 0 Å². The van der Waals surface area contributed by atoms with Crippen molar-refractivity contribution in [2.45, 2.75) is 0 Å². The van der Waals surface area contributed by atoms with Crippen molar-refractivity contribution in [2.75, 3.05) is 0 Å². The smallest absolute Gasteiger partial charge is 0.445 e. The van der Waals surface area contributed by atoms with Crippen LogP contribution in [0.3, 0.4) is 0 Å². The van der Waals surface area contributed by atoms with Crippen LogP contribution >= 0.6 is 0 Å². The summed E-state index contributed by atoms with van der Waals surface area (Å²) < 4.78 is 37.0. The van der Waals surface area contributed by atoms with Crippen LogP contribution in [-0.2, 0) is 0 Å². The van der Waals surface area contributed by atoms with Crippen LogP contribution in [0.4, 0.5) is 12.9 Å². The molecular formula is C8H5BF3KN2. The molecule has 72 valence electrons. The molecule has 0 atom stereocenters. The average molecular weight is 236 g/mol. The molecule has 2 rings (SSSR count). The van der Waals surface area contributed by atoms with Crippen LogP contribution in [0.25, 0.3) is 11.0 Å². The molecule has 0 aliphatic heterocycles. The summed E-state index contributed by atoms with van der Waals surface area (Å²) in [6, 6.07) is 3.37. The molecule has 1 aromatic carbocycles. The maximum Gasteiger partial charge on any atom is 1.00 e. The molecule has 0 saturated carbocycles. The molecule has 0 radical (unpaired) electrons. The maximum absolute atomic E-state index is 12.3. The van der Waals surface area contributed by atoms with Crippen molar-refractivity contribution in [3.05, 3.63) is 30.6 Å². The molecule has 15 heavy (non-hydrogen) atoms. The minimum absolute atomic E-state index is 0. The number of nitrogens with zero attached hydrogens (tertiary/aromatic N) is 2. The number of fused-ring (bicyclic) bond motifs is 1. The van der Waals surface area contributed by atoms with Crippen molar-refractivity contribution in [1.29, 1.82) is 0 Å². The van der Waals surface area contributed by atoms with Crippen molar-refractivity contribution in [3.63, 3.8) is 0 Å². The van der Waals surface area contributed by atoms with Gasteiger partial charge in [0, 0.05) is 12.4 Å². The van der Waals surface area contributed by atoms with E-state index in [1.807, 2.05) is 0 Å². The van der Waals surface area contributed by atoms with Gasteiger partial charge >= 0.3 is 58.4 Å². The Hall–Kier alpha value is 0.0513. The van der Waals surface area contributed by atoms with Crippen molar-refractivity contribution >= 4 is 23.5 Å². The third-order valence-electron chi connectivity index (χ3n) is 1.87. The molecule has 0 unspecified atom stereocenters. The summed E-state index contributed by atoms with van der Waals surface area (Å²) in [5.41, 5.74) is 0.0958. The third kappa shape index (κ3) is 3.01. The largest absolute Gasteiger partial charge is 1.00 e. The number of halogens is 3. The van der Waals surface area contributed by atoms with Crippen LogP contribution in [0.5, 0.6) is 0 Å². The predicted molar refractivity (Wildman–Crippen MR) is 48.3 cm³/mol. The second-order valence-corrected chi connectivity index (χ2v) is 2.88. The van der Waals surface area contributed by atoms with E-state index in [1.165, 1.54) is 18.5 Å². The molecule has 0 aliphatic rings. The molecule has 2 nitrogen and oxygen atoms in total. The van der Waals surface area contributed by atoms with E-state index in [4.69, 9.17) is 0 Å². The maximum atomic E-state index is 12.3. The first-order valence-corrected chi connectivity index (χ1v) is 3.98. The third-order valence-corrected chi connectivity index (χ3v) is 1.87. The van der Waals surface area contributed by atoms with Gasteiger partial charge in [-0.3, -0.25) is 9.97 Å². The van der Waals surface area contributed by atoms with E-state index < -0.39 is 12.4 Å². The average Bonchev–Trinajstić information content (AvgIpc) is 2.16. The minimum atomic E-state index is -4.95. The van der Waals surface area contributed by atoms with Gasteiger partial charge in [0.1, 0.15) is 0 Å². The van der Waals surface area contributed by atoms with Gasteiger partial charge in [-0.1, -0.05) is 12.1 Å². The molecule has 0 aliphatic carbocycles. The van der Waals surface area contributed by atoms with Crippen molar-refractivity contribution in [1.82, 2.24) is 9.97 Å². The van der Waals surface area contributed by atoms with E-state index in [0.717, 1.165) is 12.1 Å². The molecule has 1 aromatic heterocycles. The zero-order valence-corrected chi connectivity index (χ0v) is 11.1. The van der Waals surface area contributed by atoms with Crippen LogP contribution in [-0.4, -0.2) is 16.9 Å². The zero-order valence-electron chi connectivity index (χ0n) is 7.99. The van der Waals surface area contributed by atoms with Gasteiger partial charge in [0.15, 0.2) is 0 Å². The van der Waals surface area contributed by atoms with E-state index in [2.05, 4.69) is 9.97 Å². The number of benzene rings is 1. The Morgan fingerprint density at radius 2 is 1.53 bits per heavy atom. The minimum Gasteiger partial charge on any atom is -0.445 e. The fourth-order valence-corrected chi connectivity index (χ4v) is 1.18. The van der Waals surface area contributed by atoms with E-state index in [1.54, 1.807) is 0 Å². The number of hydrogen-bond donors (Lipinski definition) is 0. The monoisotopic (exact) mass is 236 g/mol. The predicted octanol–water partition coefficient (Wildman–Crippen LogP) is -1.31. The Bertz CT molecular complexity index is 475. The Morgan fingerprint density at radius 3 is 2.13 bits per heavy atom. The van der Waals surface area contributed by atoms with E-state index in [9.17, 15) is 12.9 Å². The summed E-state index contributed by atoms with van der Waals surface area (Å²) in [4.78, 5) is 7.68. The Kier molecular flexibility index (Phi) is 4.30. The van der Waals surface area contributed by atoms with Gasteiger partial charge in [0.2, 0.25) is 0 Å². The molecule has 0 bridgehead atoms. The second kappa shape index (κ2) is 4.92. The summed E-state index contributed by atoms with van der Waals surface area (Å²) in [7, 11) is 0. The van der Waals surface area contributed by atoms with E-state index in [-0.39, 0.29) is 56.9 Å². The quantitative estimate of drug-likeness (QED) is 0.574. The molecule has 0 spiro atoms. The Morgan fingerprint density at radius 1 is 0.933 bits per heavy atom. The fourth-order valence-electron chi connectivity index (χ4n) is 1.18. The zero-order chi connectivity index (χ0) is 10.2. The normalized spacial score (nSPS) is 11.1. The summed E-state index contributed by atoms with van der Waals surface area (Å²) in [6.45, 7) is -4.95. The summed E-state index contributed by atoms with van der Waals surface area (Å²) in [5, 5.41) is 0. The topological polar surface area (TPSA) is 25.8 Å². The van der Waals surface area contributed by atoms with Crippen molar-refractivity contribution in [3.8, 4) is 0 Å². The van der Waals surface area contributed by atoms with Gasteiger partial charge < -0.3 is 12.9 Å². The van der Waals surface area contributed by atoms with Crippen LogP contribution in [0, 0.1) is 0 Å². The first kappa shape index (κ1) is 13.1. The number of hydrogen-bond acceptors (Lipinski definition) is 2. The molecule has 0 saturated heterocycles. The number of rotatable bonds is 1. The first-order valence-electron chi connectivity index (χ1n) is 3.98. The number of aromatic nitrogens is 2. The SMILES string of the molecule is F[B-](F)(F)c1ccc2nccnc2c1.[K+]. The van der Waals surface area contributed by atoms with Gasteiger partial charge in [0.05, 0.1) is 11.0 Å². The van der Waals surface area contributed by atoms with E-state index >= 15 is 0 Å². The summed E-state index contributed by atoms with van der Waals surface area (Å²) in [6.07, 6.45) is 2.82. The van der Waals surface area contributed by atoms with E-state index in [0.29, 0.717) is 5.52 Å². The standard InChI is InChI=1S/C8H5BF3N2.K/c10-9(11,12)6-1-2-7-8(5-6)14-4-3-13-7;/h1-5H;/q-1;+1. The molecular weight excluding hydrogens is 231 g/mol. The molecule has 0 fully saturated rings. The Balaban J connectivity index is 0.00000112. The molecule has 1 heterocycles. The van der Waals surface area contributed by atoms with Crippen molar-refractivity contribution < 1.29 is 64.3 Å². The van der Waals surface area contributed by atoms with Crippen LogP contribution in [0.1, 0.15) is 0 Å². The van der Waals surface area contributed by atoms with Crippen LogP contribution < -0.4 is 56.8 Å².